The van der Waals surface area contributed by atoms with Gasteiger partial charge in [-0.25, -0.2) is 4.39 Å². The number of hydrogen-bond acceptors (Lipinski definition) is 6. The van der Waals surface area contributed by atoms with Crippen LogP contribution in [0.15, 0.2) is 41.8 Å². The van der Waals surface area contributed by atoms with E-state index in [4.69, 9.17) is 4.74 Å². The Kier molecular flexibility index (Phi) is 14.6. The van der Waals surface area contributed by atoms with Crippen molar-refractivity contribution in [2.45, 2.75) is 116 Å². The minimum Gasteiger partial charge on any atom is -0.444 e. The normalized spacial score (nSPS) is 15.3. The third kappa shape index (κ3) is 10.8. The monoisotopic (exact) mass is 677 g/mol. The Balaban J connectivity index is 0.990. The first kappa shape index (κ1) is 36.3. The molecular weight excluding hydrogens is 622 g/mol. The molecule has 0 atom stereocenters. The van der Waals surface area contributed by atoms with Crippen LogP contribution in [0.1, 0.15) is 114 Å². The van der Waals surface area contributed by atoms with Gasteiger partial charge >= 0.3 is 5.97 Å². The molecule has 2 aliphatic rings. The van der Waals surface area contributed by atoms with Crippen molar-refractivity contribution in [1.29, 1.82) is 0 Å². The lowest BCUT2D eigenvalue weighted by atomic mass is 9.98. The van der Waals surface area contributed by atoms with Crippen LogP contribution in [0.5, 0.6) is 0 Å². The summed E-state index contributed by atoms with van der Waals surface area (Å²) in [5.74, 6) is -0.375. The highest BCUT2D eigenvalue weighted by Crippen LogP contribution is 2.33. The third-order valence-electron chi connectivity index (χ3n) is 10.1. The van der Waals surface area contributed by atoms with Crippen molar-refractivity contribution in [1.82, 2.24) is 4.90 Å². The van der Waals surface area contributed by atoms with E-state index < -0.39 is 0 Å². The second-order valence-electron chi connectivity index (χ2n) is 13.8. The van der Waals surface area contributed by atoms with Crippen LogP contribution >= 0.6 is 11.3 Å². The van der Waals surface area contributed by atoms with E-state index in [0.717, 1.165) is 85.4 Å². The average Bonchev–Trinajstić information content (AvgIpc) is 3.57. The number of ether oxygens (including phenoxy) is 1. The number of halogens is 1. The molecule has 3 aromatic rings. The minimum atomic E-state index is -0.216. The predicted molar refractivity (Wildman–Crippen MR) is 198 cm³/mol. The smallest absolute Gasteiger partial charge is 0.307 e. The SMILES string of the molecule is CCCCCCCCCCCCCCCC(=O)OCN1C(=O)CCc2ccc(CCN3CCN(c4cc(F)cc5sccc45)CC3)cc21. The van der Waals surface area contributed by atoms with E-state index in [1.807, 2.05) is 5.38 Å². The molecule has 262 valence electrons. The summed E-state index contributed by atoms with van der Waals surface area (Å²) >= 11 is 1.58. The number of piperazine rings is 1. The van der Waals surface area contributed by atoms with Gasteiger partial charge in [0.2, 0.25) is 5.91 Å². The fourth-order valence-electron chi connectivity index (χ4n) is 7.16. The molecule has 0 bridgehead atoms. The van der Waals surface area contributed by atoms with Gasteiger partial charge in [-0.15, -0.1) is 11.3 Å². The molecular formula is C40H56FN3O3S. The molecule has 0 N–H and O–H groups in total. The molecule has 0 spiro atoms. The number of carbonyl (C=O) groups excluding carboxylic acids is 2. The Morgan fingerprint density at radius 1 is 0.812 bits per heavy atom. The molecule has 1 amide bonds. The predicted octanol–water partition coefficient (Wildman–Crippen LogP) is 9.67. The summed E-state index contributed by atoms with van der Waals surface area (Å²) in [4.78, 5) is 31.9. The van der Waals surface area contributed by atoms with Gasteiger partial charge in [0.05, 0.1) is 5.69 Å². The van der Waals surface area contributed by atoms with Crippen molar-refractivity contribution < 1.29 is 18.7 Å². The lowest BCUT2D eigenvalue weighted by Gasteiger charge is -2.36. The van der Waals surface area contributed by atoms with E-state index in [0.29, 0.717) is 12.8 Å². The fourth-order valence-corrected chi connectivity index (χ4v) is 7.99. The molecule has 0 radical (unpaired) electrons. The van der Waals surface area contributed by atoms with Gasteiger partial charge in [-0.1, -0.05) is 96.1 Å². The van der Waals surface area contributed by atoms with Crippen LogP contribution in [0.2, 0.25) is 0 Å². The van der Waals surface area contributed by atoms with E-state index in [-0.39, 0.29) is 24.4 Å². The molecule has 1 fully saturated rings. The molecule has 5 rings (SSSR count). The van der Waals surface area contributed by atoms with E-state index in [9.17, 15) is 14.0 Å². The quantitative estimate of drug-likeness (QED) is 0.0881. The van der Waals surface area contributed by atoms with Crippen molar-refractivity contribution in [2.75, 3.05) is 49.3 Å². The van der Waals surface area contributed by atoms with E-state index >= 15 is 0 Å². The van der Waals surface area contributed by atoms with Crippen LogP contribution in [0, 0.1) is 5.82 Å². The largest absolute Gasteiger partial charge is 0.444 e. The first-order chi connectivity index (χ1) is 23.5. The maximum Gasteiger partial charge on any atom is 0.307 e. The molecule has 1 saturated heterocycles. The maximum atomic E-state index is 14.2. The first-order valence-electron chi connectivity index (χ1n) is 18.7. The summed E-state index contributed by atoms with van der Waals surface area (Å²) in [7, 11) is 0. The maximum absolute atomic E-state index is 14.2. The van der Waals surface area contributed by atoms with Crippen LogP contribution in [0.4, 0.5) is 15.8 Å². The lowest BCUT2D eigenvalue weighted by molar-refractivity contribution is -0.144. The summed E-state index contributed by atoms with van der Waals surface area (Å²) in [5.41, 5.74) is 4.19. The molecule has 48 heavy (non-hydrogen) atoms. The molecule has 0 saturated carbocycles. The Morgan fingerprint density at radius 3 is 2.21 bits per heavy atom. The second-order valence-corrected chi connectivity index (χ2v) is 14.7. The molecule has 2 aromatic carbocycles. The van der Waals surface area contributed by atoms with Gasteiger partial charge in [-0.05, 0) is 60.0 Å². The van der Waals surface area contributed by atoms with Crippen molar-refractivity contribution in [3.63, 3.8) is 0 Å². The van der Waals surface area contributed by atoms with Crippen LogP contribution in [-0.4, -0.2) is 56.2 Å². The van der Waals surface area contributed by atoms with Crippen LogP contribution in [0.25, 0.3) is 10.1 Å². The third-order valence-corrected chi connectivity index (χ3v) is 11.0. The Hall–Kier alpha value is -2.97. The number of anilines is 2. The zero-order chi connectivity index (χ0) is 33.6. The number of nitrogens with zero attached hydrogens (tertiary/aromatic N) is 3. The molecule has 1 aromatic heterocycles. The summed E-state index contributed by atoms with van der Waals surface area (Å²) < 4.78 is 20.9. The second kappa shape index (κ2) is 19.3. The molecule has 8 heteroatoms. The highest BCUT2D eigenvalue weighted by molar-refractivity contribution is 7.17. The van der Waals surface area contributed by atoms with Crippen molar-refractivity contribution in [3.8, 4) is 0 Å². The van der Waals surface area contributed by atoms with Crippen LogP contribution in [0.3, 0.4) is 0 Å². The zero-order valence-electron chi connectivity index (χ0n) is 29.2. The number of aryl methyl sites for hydroxylation is 1. The first-order valence-corrected chi connectivity index (χ1v) is 19.6. The number of unbranched alkanes of at least 4 members (excludes halogenated alkanes) is 12. The van der Waals surface area contributed by atoms with Crippen molar-refractivity contribution >= 4 is 44.7 Å². The number of esters is 1. The number of benzene rings is 2. The van der Waals surface area contributed by atoms with Gasteiger partial charge in [0, 0.05) is 61.3 Å². The summed E-state index contributed by atoms with van der Waals surface area (Å²) in [6, 6.07) is 11.8. The molecule has 0 aliphatic carbocycles. The van der Waals surface area contributed by atoms with Gasteiger partial charge in [-0.2, -0.15) is 0 Å². The van der Waals surface area contributed by atoms with E-state index in [1.165, 1.54) is 76.2 Å². The van der Waals surface area contributed by atoms with Crippen molar-refractivity contribution in [3.05, 3.63) is 58.7 Å². The van der Waals surface area contributed by atoms with Gasteiger partial charge in [0.25, 0.3) is 0 Å². The van der Waals surface area contributed by atoms with Gasteiger partial charge < -0.3 is 9.64 Å². The highest BCUT2D eigenvalue weighted by atomic mass is 32.1. The topological polar surface area (TPSA) is 53.1 Å². The van der Waals surface area contributed by atoms with Crippen LogP contribution < -0.4 is 9.80 Å². The number of thiophene rings is 1. The average molecular weight is 678 g/mol. The van der Waals surface area contributed by atoms with Gasteiger partial charge in [0.1, 0.15) is 5.82 Å². The molecule has 2 aliphatic heterocycles. The molecule has 6 nitrogen and oxygen atoms in total. The van der Waals surface area contributed by atoms with Crippen molar-refractivity contribution in [2.24, 2.45) is 0 Å². The summed E-state index contributed by atoms with van der Waals surface area (Å²) in [5, 5.41) is 3.16. The summed E-state index contributed by atoms with van der Waals surface area (Å²) in [6.07, 6.45) is 19.0. The standard InChI is InChI=1S/C40H56FN3O3S/c1-2-3-4-5-6-7-8-9-10-11-12-13-14-15-40(46)47-31-44-36-28-32(16-17-33(36)18-19-39(44)45)20-22-42-23-25-43(26-24-42)37-29-34(41)30-38-35(37)21-27-48-38/h16-17,21,27-30H,2-15,18-20,22-26,31H2,1H3. The Morgan fingerprint density at radius 2 is 1.50 bits per heavy atom. The van der Waals surface area contributed by atoms with E-state index in [1.54, 1.807) is 28.4 Å². The number of rotatable bonds is 20. The fraction of sp³-hybridized carbons (Fsp3) is 0.600. The minimum absolute atomic E-state index is 0.00793. The van der Waals surface area contributed by atoms with E-state index in [2.05, 4.69) is 41.0 Å². The Bertz CT molecular complexity index is 1450. The molecule has 3 heterocycles. The number of fused-ring (bicyclic) bond motifs is 2. The van der Waals surface area contributed by atoms with Gasteiger partial charge in [0.15, 0.2) is 6.73 Å². The highest BCUT2D eigenvalue weighted by Gasteiger charge is 2.26. The van der Waals surface area contributed by atoms with Gasteiger partial charge in [-0.3, -0.25) is 19.4 Å². The summed E-state index contributed by atoms with van der Waals surface area (Å²) in [6.45, 7) is 6.76. The lowest BCUT2D eigenvalue weighted by Crippen LogP contribution is -2.47. The number of hydrogen-bond donors (Lipinski definition) is 0. The number of carbonyl (C=O) groups is 2. The Labute approximate surface area is 291 Å². The van der Waals surface area contributed by atoms with Crippen LogP contribution in [-0.2, 0) is 27.2 Å². The number of amides is 1. The molecule has 0 unspecified atom stereocenters. The zero-order valence-corrected chi connectivity index (χ0v) is 30.0.